The van der Waals surface area contributed by atoms with Gasteiger partial charge < -0.3 is 5.11 Å². The highest BCUT2D eigenvalue weighted by Gasteiger charge is 2.19. The molecule has 0 unspecified atom stereocenters. The van der Waals surface area contributed by atoms with Crippen molar-refractivity contribution < 1.29 is 18.3 Å². The summed E-state index contributed by atoms with van der Waals surface area (Å²) < 4.78 is 26.5. The van der Waals surface area contributed by atoms with E-state index >= 15 is 0 Å². The van der Waals surface area contributed by atoms with E-state index in [0.717, 1.165) is 15.4 Å². The Bertz CT molecular complexity index is 941. The maximum Gasteiger partial charge on any atom is 0.335 e. The summed E-state index contributed by atoms with van der Waals surface area (Å²) in [6, 6.07) is 14.1. The number of carboxylic acid groups (broad SMARTS) is 1. The van der Waals surface area contributed by atoms with Crippen LogP contribution in [0, 0.1) is 0 Å². The quantitative estimate of drug-likeness (QED) is 0.806. The lowest BCUT2D eigenvalue weighted by Gasteiger charge is -2.08. The molecule has 5 nitrogen and oxygen atoms in total. The van der Waals surface area contributed by atoms with E-state index in [4.69, 9.17) is 5.11 Å². The van der Waals surface area contributed by atoms with Gasteiger partial charge in [-0.05, 0) is 30.3 Å². The number of carbonyl (C=O) groups is 1. The number of hydrogen-bond donors (Lipinski definition) is 1. The molecule has 21 heavy (non-hydrogen) atoms. The van der Waals surface area contributed by atoms with Crippen LogP contribution in [0.3, 0.4) is 0 Å². The van der Waals surface area contributed by atoms with Gasteiger partial charge >= 0.3 is 5.97 Å². The predicted molar refractivity (Wildman–Crippen MR) is 77.9 cm³/mol. The van der Waals surface area contributed by atoms with Gasteiger partial charge in [0.15, 0.2) is 0 Å². The van der Waals surface area contributed by atoms with Gasteiger partial charge in [0.25, 0.3) is 10.0 Å². The van der Waals surface area contributed by atoms with Crippen molar-refractivity contribution >= 4 is 26.9 Å². The Hall–Kier alpha value is -2.60. The van der Waals surface area contributed by atoms with Gasteiger partial charge in [-0.3, -0.25) is 0 Å². The maximum atomic E-state index is 12.7. The van der Waals surface area contributed by atoms with Gasteiger partial charge in [0.05, 0.1) is 16.0 Å². The summed E-state index contributed by atoms with van der Waals surface area (Å²) in [4.78, 5) is 10.9. The number of fused-ring (bicyclic) bond motifs is 1. The van der Waals surface area contributed by atoms with Crippen molar-refractivity contribution in [3.63, 3.8) is 0 Å². The fraction of sp³-hybridized carbons (Fsp3) is 0. The predicted octanol–water partition coefficient (Wildman–Crippen LogP) is 2.58. The normalized spacial score (nSPS) is 11.6. The second-order valence-electron chi connectivity index (χ2n) is 4.51. The van der Waals surface area contributed by atoms with Crippen LogP contribution in [0.15, 0.2) is 65.7 Å². The van der Waals surface area contributed by atoms with Crippen molar-refractivity contribution in [1.29, 1.82) is 0 Å². The number of rotatable bonds is 3. The van der Waals surface area contributed by atoms with E-state index < -0.39 is 16.0 Å². The average molecular weight is 301 g/mol. The molecule has 1 heterocycles. The standard InChI is InChI=1S/C15H11NO4S/c17-15(18)12-5-3-6-13(10-12)21(19,20)16-9-8-11-4-1-2-7-14(11)16/h1-10H,(H,17,18). The molecule has 106 valence electrons. The lowest BCUT2D eigenvalue weighted by Crippen LogP contribution is -2.12. The summed E-state index contributed by atoms with van der Waals surface area (Å²) in [6.45, 7) is 0. The van der Waals surface area contributed by atoms with Gasteiger partial charge in [-0.2, -0.15) is 0 Å². The molecule has 3 aromatic rings. The molecule has 0 aliphatic rings. The van der Waals surface area contributed by atoms with E-state index in [-0.39, 0.29) is 10.5 Å². The second-order valence-corrected chi connectivity index (χ2v) is 6.32. The Morgan fingerprint density at radius 1 is 1.00 bits per heavy atom. The fourth-order valence-corrected chi connectivity index (χ4v) is 3.57. The highest BCUT2D eigenvalue weighted by atomic mass is 32.2. The first-order valence-corrected chi connectivity index (χ1v) is 7.59. The SMILES string of the molecule is O=C(O)c1cccc(S(=O)(=O)n2ccc3ccccc32)c1. The first-order chi connectivity index (χ1) is 10.00. The number of carboxylic acids is 1. The average Bonchev–Trinajstić information content (AvgIpc) is 2.92. The monoisotopic (exact) mass is 301 g/mol. The molecule has 0 amide bonds. The first-order valence-electron chi connectivity index (χ1n) is 6.15. The van der Waals surface area contributed by atoms with Crippen molar-refractivity contribution in [3.05, 3.63) is 66.4 Å². The van der Waals surface area contributed by atoms with Gasteiger partial charge in [0, 0.05) is 11.6 Å². The molecule has 0 aliphatic carbocycles. The maximum absolute atomic E-state index is 12.7. The Morgan fingerprint density at radius 3 is 2.52 bits per heavy atom. The summed E-state index contributed by atoms with van der Waals surface area (Å²) in [5.74, 6) is -1.16. The minimum atomic E-state index is -3.82. The van der Waals surface area contributed by atoms with Crippen LogP contribution < -0.4 is 0 Å². The minimum Gasteiger partial charge on any atom is -0.478 e. The topological polar surface area (TPSA) is 76.4 Å². The molecule has 0 bridgehead atoms. The lowest BCUT2D eigenvalue weighted by molar-refractivity contribution is 0.0696. The molecule has 1 N–H and O–H groups in total. The van der Waals surface area contributed by atoms with Crippen LogP contribution in [0.25, 0.3) is 10.9 Å². The Morgan fingerprint density at radius 2 is 1.76 bits per heavy atom. The fourth-order valence-electron chi connectivity index (χ4n) is 2.17. The van der Waals surface area contributed by atoms with E-state index in [1.807, 2.05) is 12.1 Å². The van der Waals surface area contributed by atoms with E-state index in [1.165, 1.54) is 24.4 Å². The zero-order valence-corrected chi connectivity index (χ0v) is 11.6. The van der Waals surface area contributed by atoms with Crippen molar-refractivity contribution in [2.75, 3.05) is 0 Å². The summed E-state index contributed by atoms with van der Waals surface area (Å²) in [5, 5.41) is 9.78. The highest BCUT2D eigenvalue weighted by Crippen LogP contribution is 2.22. The number of nitrogens with zero attached hydrogens (tertiary/aromatic N) is 1. The van der Waals surface area contributed by atoms with Crippen molar-refractivity contribution in [3.8, 4) is 0 Å². The van der Waals surface area contributed by atoms with Gasteiger partial charge in [-0.25, -0.2) is 17.2 Å². The molecule has 0 saturated heterocycles. The first kappa shape index (κ1) is 13.4. The van der Waals surface area contributed by atoms with Crippen molar-refractivity contribution in [2.45, 2.75) is 4.90 Å². The van der Waals surface area contributed by atoms with E-state index in [9.17, 15) is 13.2 Å². The smallest absolute Gasteiger partial charge is 0.335 e. The molecule has 0 saturated carbocycles. The molecule has 3 rings (SSSR count). The molecule has 0 fully saturated rings. The van der Waals surface area contributed by atoms with Gasteiger partial charge in [0.2, 0.25) is 0 Å². The second kappa shape index (κ2) is 4.75. The van der Waals surface area contributed by atoms with Crippen LogP contribution in [0.5, 0.6) is 0 Å². The Balaban J connectivity index is 2.21. The van der Waals surface area contributed by atoms with Crippen LogP contribution in [-0.4, -0.2) is 23.5 Å². The summed E-state index contributed by atoms with van der Waals surface area (Å²) in [7, 11) is -3.82. The van der Waals surface area contributed by atoms with Crippen LogP contribution in [0.2, 0.25) is 0 Å². The van der Waals surface area contributed by atoms with Gasteiger partial charge in [-0.15, -0.1) is 0 Å². The molecule has 0 aliphatic heterocycles. The third-order valence-electron chi connectivity index (χ3n) is 3.20. The summed E-state index contributed by atoms with van der Waals surface area (Å²) >= 11 is 0. The minimum absolute atomic E-state index is 0.0521. The molecule has 0 radical (unpaired) electrons. The van der Waals surface area contributed by atoms with E-state index in [0.29, 0.717) is 5.52 Å². The van der Waals surface area contributed by atoms with Crippen LogP contribution in [-0.2, 0) is 10.0 Å². The Kier molecular flexibility index (Phi) is 3.03. The van der Waals surface area contributed by atoms with E-state index in [2.05, 4.69) is 0 Å². The molecule has 6 heteroatoms. The number of para-hydroxylation sites is 1. The van der Waals surface area contributed by atoms with Crippen LogP contribution in [0.1, 0.15) is 10.4 Å². The zero-order chi connectivity index (χ0) is 15.0. The molecular formula is C15H11NO4S. The number of aromatic carboxylic acids is 1. The van der Waals surface area contributed by atoms with Crippen LogP contribution in [0.4, 0.5) is 0 Å². The number of hydrogen-bond acceptors (Lipinski definition) is 3. The van der Waals surface area contributed by atoms with Crippen molar-refractivity contribution in [2.24, 2.45) is 0 Å². The highest BCUT2D eigenvalue weighted by molar-refractivity contribution is 7.90. The lowest BCUT2D eigenvalue weighted by atomic mass is 10.2. The molecule has 1 aromatic heterocycles. The number of aromatic nitrogens is 1. The summed E-state index contributed by atoms with van der Waals surface area (Å²) in [6.07, 6.45) is 1.47. The molecular weight excluding hydrogens is 290 g/mol. The zero-order valence-electron chi connectivity index (χ0n) is 10.8. The molecule has 0 atom stereocenters. The number of benzene rings is 2. The van der Waals surface area contributed by atoms with E-state index in [1.54, 1.807) is 18.2 Å². The van der Waals surface area contributed by atoms with Crippen molar-refractivity contribution in [1.82, 2.24) is 3.97 Å². The third kappa shape index (κ3) is 2.19. The third-order valence-corrected chi connectivity index (χ3v) is 4.89. The molecule has 0 spiro atoms. The van der Waals surface area contributed by atoms with Gasteiger partial charge in [0.1, 0.15) is 0 Å². The van der Waals surface area contributed by atoms with Crippen LogP contribution >= 0.6 is 0 Å². The largest absolute Gasteiger partial charge is 0.478 e. The summed E-state index contributed by atoms with van der Waals surface area (Å²) in [5.41, 5.74) is 0.491. The molecule has 2 aromatic carbocycles. The van der Waals surface area contributed by atoms with Gasteiger partial charge in [-0.1, -0.05) is 24.3 Å². The Labute approximate surface area is 121 Å².